The third-order valence-electron chi connectivity index (χ3n) is 1.17. The average molecular weight is 191 g/mol. The zero-order chi connectivity index (χ0) is 8.53. The first kappa shape index (κ1) is 18.1. The van der Waals surface area contributed by atoms with E-state index in [9.17, 15) is 0 Å². The van der Waals surface area contributed by atoms with Gasteiger partial charge in [0.1, 0.15) is 0 Å². The first-order valence-electron chi connectivity index (χ1n) is 4.00. The minimum absolute atomic E-state index is 0. The highest BCUT2D eigenvalue weighted by atomic mass is 16.0. The maximum absolute atomic E-state index is 3.99. The van der Waals surface area contributed by atoms with E-state index in [1.54, 1.807) is 0 Å². The number of hydrogen-bond acceptors (Lipinski definition) is 3. The Kier molecular flexibility index (Phi) is 19.3. The van der Waals surface area contributed by atoms with Crippen molar-refractivity contribution in [3.05, 3.63) is 0 Å². The summed E-state index contributed by atoms with van der Waals surface area (Å²) in [5.41, 5.74) is 0. The van der Waals surface area contributed by atoms with E-state index in [0.717, 1.165) is 26.1 Å². The number of aliphatic imine (C=N–C) groups is 2. The first-order valence-corrected chi connectivity index (χ1v) is 4.00. The highest BCUT2D eigenvalue weighted by Gasteiger charge is 1.86. The molecule has 0 rings (SSSR count). The summed E-state index contributed by atoms with van der Waals surface area (Å²) in [5.74, 6) is 0. The fourth-order valence-corrected chi connectivity index (χ4v) is 0.637. The third kappa shape index (κ3) is 18.3. The Morgan fingerprint density at radius 3 is 2.23 bits per heavy atom. The molecule has 0 fully saturated rings. The van der Waals surface area contributed by atoms with Crippen LogP contribution in [0.25, 0.3) is 0 Å². The lowest BCUT2D eigenvalue weighted by molar-refractivity contribution is 0.403. The van der Waals surface area contributed by atoms with Gasteiger partial charge in [-0.2, -0.15) is 0 Å². The van der Waals surface area contributed by atoms with E-state index < -0.39 is 0 Å². The number of nitrogens with zero attached hydrogens (tertiary/aromatic N) is 3. The van der Waals surface area contributed by atoms with E-state index in [-0.39, 0.29) is 11.0 Å². The SMILES string of the molecule is CCN=C=NCCCN(C)C.O.O. The van der Waals surface area contributed by atoms with Crippen molar-refractivity contribution in [2.75, 3.05) is 33.7 Å². The van der Waals surface area contributed by atoms with Crippen LogP contribution in [-0.2, 0) is 0 Å². The largest absolute Gasteiger partial charge is 0.412 e. The maximum atomic E-state index is 3.99. The number of rotatable bonds is 5. The lowest BCUT2D eigenvalue weighted by atomic mass is 10.4. The predicted molar refractivity (Wildman–Crippen MR) is 55.7 cm³/mol. The van der Waals surface area contributed by atoms with Gasteiger partial charge < -0.3 is 15.9 Å². The summed E-state index contributed by atoms with van der Waals surface area (Å²) in [4.78, 5) is 9.99. The molecule has 13 heavy (non-hydrogen) atoms. The van der Waals surface area contributed by atoms with E-state index in [2.05, 4.69) is 35.0 Å². The summed E-state index contributed by atoms with van der Waals surface area (Å²) in [6.07, 6.45) is 1.08. The van der Waals surface area contributed by atoms with Crippen LogP contribution in [0.5, 0.6) is 0 Å². The fourth-order valence-electron chi connectivity index (χ4n) is 0.637. The molecule has 0 aromatic heterocycles. The molecule has 0 spiro atoms. The summed E-state index contributed by atoms with van der Waals surface area (Å²) < 4.78 is 0. The molecular formula is C8H21N3O2. The molecule has 0 saturated heterocycles. The van der Waals surface area contributed by atoms with Crippen molar-refractivity contribution in [2.24, 2.45) is 9.98 Å². The molecule has 0 amide bonds. The fraction of sp³-hybridized carbons (Fsp3) is 0.875. The molecule has 0 unspecified atom stereocenters. The first-order chi connectivity index (χ1) is 5.27. The van der Waals surface area contributed by atoms with E-state index in [4.69, 9.17) is 0 Å². The van der Waals surface area contributed by atoms with Crippen molar-refractivity contribution < 1.29 is 11.0 Å². The topological polar surface area (TPSA) is 91.0 Å². The van der Waals surface area contributed by atoms with Crippen molar-refractivity contribution >= 4 is 6.01 Å². The second-order valence-electron chi connectivity index (χ2n) is 2.61. The summed E-state index contributed by atoms with van der Waals surface area (Å²) >= 11 is 0. The minimum atomic E-state index is 0. The van der Waals surface area contributed by atoms with Crippen LogP contribution in [0.3, 0.4) is 0 Å². The average Bonchev–Trinajstić information content (AvgIpc) is 1.96. The molecule has 0 atom stereocenters. The van der Waals surface area contributed by atoms with Crippen LogP contribution in [0.1, 0.15) is 13.3 Å². The van der Waals surface area contributed by atoms with Gasteiger partial charge in [0.05, 0.1) is 12.6 Å². The summed E-state index contributed by atoms with van der Waals surface area (Å²) in [6, 6.07) is 2.64. The Hall–Kier alpha value is -0.740. The molecular weight excluding hydrogens is 170 g/mol. The molecule has 0 heterocycles. The third-order valence-corrected chi connectivity index (χ3v) is 1.17. The molecule has 0 saturated carbocycles. The van der Waals surface area contributed by atoms with Crippen LogP contribution in [0.4, 0.5) is 0 Å². The molecule has 0 aliphatic heterocycles. The second kappa shape index (κ2) is 13.8. The molecule has 4 N–H and O–H groups in total. The van der Waals surface area contributed by atoms with E-state index in [1.165, 1.54) is 0 Å². The lowest BCUT2D eigenvalue weighted by Gasteiger charge is -2.05. The smallest absolute Gasteiger partial charge is 0.0892 e. The van der Waals surface area contributed by atoms with Crippen LogP contribution in [0.2, 0.25) is 0 Å². The molecule has 0 aromatic rings. The summed E-state index contributed by atoms with van der Waals surface area (Å²) in [5, 5.41) is 0. The zero-order valence-corrected chi connectivity index (χ0v) is 8.67. The molecule has 0 bridgehead atoms. The molecule has 0 radical (unpaired) electrons. The number of hydrogen-bond donors (Lipinski definition) is 0. The Balaban J connectivity index is -0.000000500. The zero-order valence-electron chi connectivity index (χ0n) is 8.67. The Labute approximate surface area is 79.8 Å². The Bertz CT molecular complexity index is 142. The van der Waals surface area contributed by atoms with Gasteiger partial charge in [-0.05, 0) is 34.0 Å². The van der Waals surface area contributed by atoms with Crippen LogP contribution >= 0.6 is 0 Å². The predicted octanol–water partition coefficient (Wildman–Crippen LogP) is -0.518. The van der Waals surface area contributed by atoms with Gasteiger partial charge in [-0.1, -0.05) is 0 Å². The van der Waals surface area contributed by atoms with Crippen LogP contribution in [-0.4, -0.2) is 55.6 Å². The highest BCUT2D eigenvalue weighted by Crippen LogP contribution is 1.82. The van der Waals surface area contributed by atoms with Crippen LogP contribution in [0, 0.1) is 0 Å². The van der Waals surface area contributed by atoms with Gasteiger partial charge in [0, 0.05) is 6.54 Å². The molecule has 0 aliphatic carbocycles. The maximum Gasteiger partial charge on any atom is 0.0892 e. The van der Waals surface area contributed by atoms with Gasteiger partial charge in [-0.25, -0.2) is 9.98 Å². The van der Waals surface area contributed by atoms with Crippen LogP contribution < -0.4 is 0 Å². The van der Waals surface area contributed by atoms with Gasteiger partial charge in [-0.3, -0.25) is 0 Å². The van der Waals surface area contributed by atoms with Gasteiger partial charge in [-0.15, -0.1) is 0 Å². The second-order valence-corrected chi connectivity index (χ2v) is 2.61. The Morgan fingerprint density at radius 1 is 1.15 bits per heavy atom. The van der Waals surface area contributed by atoms with Gasteiger partial charge in [0.15, 0.2) is 0 Å². The lowest BCUT2D eigenvalue weighted by Crippen LogP contribution is -2.13. The van der Waals surface area contributed by atoms with Gasteiger partial charge >= 0.3 is 0 Å². The molecule has 5 heteroatoms. The summed E-state index contributed by atoms with van der Waals surface area (Å²) in [6.45, 7) is 4.67. The molecule has 5 nitrogen and oxygen atoms in total. The highest BCUT2D eigenvalue weighted by molar-refractivity contribution is 5.40. The van der Waals surface area contributed by atoms with Crippen molar-refractivity contribution in [3.63, 3.8) is 0 Å². The van der Waals surface area contributed by atoms with E-state index >= 15 is 0 Å². The standard InChI is InChI=1S/C8H17N3.2H2O/c1-4-9-8-10-6-5-7-11(2)3;;/h4-7H2,1-3H3;2*1H2. The van der Waals surface area contributed by atoms with Gasteiger partial charge in [0.25, 0.3) is 0 Å². The quantitative estimate of drug-likeness (QED) is 0.424. The normalized spacial score (nSPS) is 8.00. The van der Waals surface area contributed by atoms with Crippen molar-refractivity contribution in [3.8, 4) is 0 Å². The molecule has 0 aliphatic rings. The Morgan fingerprint density at radius 2 is 1.77 bits per heavy atom. The van der Waals surface area contributed by atoms with E-state index in [0.29, 0.717) is 0 Å². The van der Waals surface area contributed by atoms with Crippen molar-refractivity contribution in [2.45, 2.75) is 13.3 Å². The molecule has 80 valence electrons. The monoisotopic (exact) mass is 191 g/mol. The van der Waals surface area contributed by atoms with Crippen molar-refractivity contribution in [1.82, 2.24) is 4.90 Å². The van der Waals surface area contributed by atoms with Crippen LogP contribution in [0.15, 0.2) is 9.98 Å². The van der Waals surface area contributed by atoms with Gasteiger partial charge in [0.2, 0.25) is 0 Å². The molecule has 0 aromatic carbocycles. The van der Waals surface area contributed by atoms with E-state index in [1.807, 2.05) is 6.92 Å². The van der Waals surface area contributed by atoms with Crippen molar-refractivity contribution in [1.29, 1.82) is 0 Å². The minimum Gasteiger partial charge on any atom is -0.412 e. The summed E-state index contributed by atoms with van der Waals surface area (Å²) in [7, 11) is 4.12.